The maximum atomic E-state index is 12.3. The van der Waals surface area contributed by atoms with E-state index in [2.05, 4.69) is 19.9 Å². The van der Waals surface area contributed by atoms with Crippen molar-refractivity contribution in [2.24, 2.45) is 0 Å². The van der Waals surface area contributed by atoms with Crippen LogP contribution in [0.25, 0.3) is 33.9 Å². The minimum atomic E-state index is -0.453. The van der Waals surface area contributed by atoms with Gasteiger partial charge in [-0.15, -0.1) is 0 Å². The van der Waals surface area contributed by atoms with Gasteiger partial charge in [-0.2, -0.15) is 0 Å². The second kappa shape index (κ2) is 6.17. The molecule has 0 saturated carbocycles. The van der Waals surface area contributed by atoms with Crippen molar-refractivity contribution in [3.63, 3.8) is 0 Å². The van der Waals surface area contributed by atoms with Crippen LogP contribution in [0.4, 0.5) is 0 Å². The fourth-order valence-electron chi connectivity index (χ4n) is 2.92. The van der Waals surface area contributed by atoms with Crippen molar-refractivity contribution in [1.82, 2.24) is 19.9 Å². The molecule has 4 N–H and O–H groups in total. The first-order valence-corrected chi connectivity index (χ1v) is 8.16. The van der Waals surface area contributed by atoms with Crippen molar-refractivity contribution in [2.75, 3.05) is 7.11 Å². The van der Waals surface area contributed by atoms with Gasteiger partial charge in [-0.05, 0) is 30.7 Å². The fraction of sp³-hybridized carbons (Fsp3) is 0.105. The SMILES string of the molecule is COc1cc(C(O)=Cc2nc3cc4[nH]c(=O)[nH]c4cc3[nH]c2=O)ccc1C. The van der Waals surface area contributed by atoms with Gasteiger partial charge in [0, 0.05) is 11.6 Å². The zero-order chi connectivity index (χ0) is 19.1. The van der Waals surface area contributed by atoms with Gasteiger partial charge in [0.2, 0.25) is 0 Å². The highest BCUT2D eigenvalue weighted by atomic mass is 16.5. The van der Waals surface area contributed by atoms with Crippen LogP contribution in [0.1, 0.15) is 16.8 Å². The molecule has 0 unspecified atom stereocenters. The van der Waals surface area contributed by atoms with Gasteiger partial charge in [0.1, 0.15) is 17.2 Å². The lowest BCUT2D eigenvalue weighted by Gasteiger charge is -2.07. The number of nitrogens with one attached hydrogen (secondary N) is 3. The lowest BCUT2D eigenvalue weighted by atomic mass is 10.1. The number of H-pyrrole nitrogens is 3. The quantitative estimate of drug-likeness (QED) is 0.416. The van der Waals surface area contributed by atoms with E-state index in [4.69, 9.17) is 4.74 Å². The molecule has 8 heteroatoms. The lowest BCUT2D eigenvalue weighted by molar-refractivity contribution is 0.411. The van der Waals surface area contributed by atoms with E-state index in [0.29, 0.717) is 33.4 Å². The molecular weight excluding hydrogens is 348 g/mol. The second-order valence-electron chi connectivity index (χ2n) is 6.16. The molecular formula is C19H16N4O4. The summed E-state index contributed by atoms with van der Waals surface area (Å²) in [5.74, 6) is 0.522. The number of methoxy groups -OCH3 is 1. The van der Waals surface area contributed by atoms with E-state index in [1.54, 1.807) is 31.4 Å². The molecule has 0 saturated heterocycles. The monoisotopic (exact) mass is 364 g/mol. The molecule has 0 aliphatic rings. The van der Waals surface area contributed by atoms with Crippen LogP contribution in [0.15, 0.2) is 39.9 Å². The van der Waals surface area contributed by atoms with Crippen molar-refractivity contribution < 1.29 is 9.84 Å². The van der Waals surface area contributed by atoms with E-state index in [9.17, 15) is 14.7 Å². The van der Waals surface area contributed by atoms with Gasteiger partial charge in [-0.1, -0.05) is 12.1 Å². The number of ether oxygens (including phenoxy) is 1. The van der Waals surface area contributed by atoms with Crippen LogP contribution in [0, 0.1) is 6.92 Å². The highest BCUT2D eigenvalue weighted by Gasteiger charge is 2.09. The summed E-state index contributed by atoms with van der Waals surface area (Å²) < 4.78 is 5.26. The molecule has 0 fully saturated rings. The Labute approximate surface area is 152 Å². The topological polar surface area (TPSA) is 124 Å². The molecule has 0 atom stereocenters. The van der Waals surface area contributed by atoms with Crippen LogP contribution in [0.2, 0.25) is 0 Å². The summed E-state index contributed by atoms with van der Waals surface area (Å²) in [5, 5.41) is 10.4. The Bertz CT molecular complexity index is 1330. The van der Waals surface area contributed by atoms with Gasteiger partial charge in [-0.25, -0.2) is 9.78 Å². The first-order valence-electron chi connectivity index (χ1n) is 8.16. The Morgan fingerprint density at radius 1 is 1.07 bits per heavy atom. The summed E-state index contributed by atoms with van der Waals surface area (Å²) in [5.41, 5.74) is 2.81. The number of benzene rings is 2. The standard InChI is InChI=1S/C19H16N4O4/c1-9-3-4-10(5-17(9)27-2)16(24)8-15-18(25)21-12-7-14-13(6-11(12)20-15)22-19(26)23-14/h3-8,24H,1-2H3,(H,21,25)(H2,22,23,26). The minimum Gasteiger partial charge on any atom is -0.507 e. The smallest absolute Gasteiger partial charge is 0.323 e. The number of fused-ring (bicyclic) bond motifs is 2. The summed E-state index contributed by atoms with van der Waals surface area (Å²) in [6.45, 7) is 1.89. The van der Waals surface area contributed by atoms with E-state index >= 15 is 0 Å². The first-order chi connectivity index (χ1) is 12.9. The molecule has 0 spiro atoms. The van der Waals surface area contributed by atoms with Crippen molar-refractivity contribution in [1.29, 1.82) is 0 Å². The van der Waals surface area contributed by atoms with Crippen molar-refractivity contribution in [3.8, 4) is 5.75 Å². The Morgan fingerprint density at radius 3 is 2.56 bits per heavy atom. The predicted octanol–water partition coefficient (Wildman–Crippen LogP) is 2.47. The van der Waals surface area contributed by atoms with E-state index < -0.39 is 5.56 Å². The highest BCUT2D eigenvalue weighted by molar-refractivity contribution is 5.91. The zero-order valence-electron chi connectivity index (χ0n) is 14.6. The summed E-state index contributed by atoms with van der Waals surface area (Å²) >= 11 is 0. The fourth-order valence-corrected chi connectivity index (χ4v) is 2.92. The number of aromatic nitrogens is 4. The Morgan fingerprint density at radius 2 is 1.81 bits per heavy atom. The summed E-state index contributed by atoms with van der Waals surface area (Å²) in [6.07, 6.45) is 1.30. The lowest BCUT2D eigenvalue weighted by Crippen LogP contribution is -2.12. The molecule has 2 heterocycles. The predicted molar refractivity (Wildman–Crippen MR) is 103 cm³/mol. The van der Waals surface area contributed by atoms with Gasteiger partial charge in [0.15, 0.2) is 0 Å². The largest absolute Gasteiger partial charge is 0.507 e. The second-order valence-corrected chi connectivity index (χ2v) is 6.16. The highest BCUT2D eigenvalue weighted by Crippen LogP contribution is 2.23. The third-order valence-electron chi connectivity index (χ3n) is 4.33. The van der Waals surface area contributed by atoms with Gasteiger partial charge in [0.25, 0.3) is 5.56 Å². The molecule has 8 nitrogen and oxygen atoms in total. The van der Waals surface area contributed by atoms with Crippen LogP contribution in [-0.4, -0.2) is 32.2 Å². The minimum absolute atomic E-state index is 0.0526. The van der Waals surface area contributed by atoms with E-state index in [1.165, 1.54) is 6.08 Å². The molecule has 2 aromatic carbocycles. The van der Waals surface area contributed by atoms with E-state index in [1.807, 2.05) is 13.0 Å². The molecule has 0 amide bonds. The van der Waals surface area contributed by atoms with Crippen LogP contribution in [-0.2, 0) is 0 Å². The molecule has 4 aromatic rings. The Hall–Kier alpha value is -3.81. The number of hydrogen-bond acceptors (Lipinski definition) is 5. The summed E-state index contributed by atoms with van der Waals surface area (Å²) in [4.78, 5) is 36.1. The maximum Gasteiger partial charge on any atom is 0.323 e. The maximum absolute atomic E-state index is 12.3. The average Bonchev–Trinajstić information content (AvgIpc) is 2.99. The van der Waals surface area contributed by atoms with Crippen LogP contribution in [0.5, 0.6) is 5.75 Å². The normalized spacial score (nSPS) is 12.0. The number of imidazole rings is 1. The van der Waals surface area contributed by atoms with E-state index in [-0.39, 0.29) is 17.1 Å². The number of aliphatic hydroxyl groups excluding tert-OH is 1. The molecule has 0 aliphatic heterocycles. The molecule has 2 aromatic heterocycles. The van der Waals surface area contributed by atoms with Gasteiger partial charge >= 0.3 is 5.69 Å². The number of aryl methyl sites for hydroxylation is 1. The number of rotatable bonds is 3. The van der Waals surface area contributed by atoms with Crippen LogP contribution >= 0.6 is 0 Å². The van der Waals surface area contributed by atoms with Crippen molar-refractivity contribution in [2.45, 2.75) is 6.92 Å². The van der Waals surface area contributed by atoms with Gasteiger partial charge in [0.05, 0.1) is 29.2 Å². The van der Waals surface area contributed by atoms with Crippen LogP contribution < -0.4 is 16.0 Å². The molecule has 136 valence electrons. The van der Waals surface area contributed by atoms with E-state index in [0.717, 1.165) is 5.56 Å². The summed E-state index contributed by atoms with van der Waals surface area (Å²) in [7, 11) is 1.55. The molecule has 0 bridgehead atoms. The molecule has 0 aliphatic carbocycles. The number of aromatic amines is 3. The van der Waals surface area contributed by atoms with Crippen molar-refractivity contribution >= 4 is 33.9 Å². The molecule has 27 heavy (non-hydrogen) atoms. The molecule has 4 rings (SSSR count). The first kappa shape index (κ1) is 16.6. The number of aliphatic hydroxyl groups is 1. The number of hydrogen-bond donors (Lipinski definition) is 4. The zero-order valence-corrected chi connectivity index (χ0v) is 14.6. The van der Waals surface area contributed by atoms with Gasteiger partial charge < -0.3 is 24.8 Å². The number of nitrogens with zero attached hydrogens (tertiary/aromatic N) is 1. The summed E-state index contributed by atoms with van der Waals surface area (Å²) in [6, 6.07) is 8.52. The van der Waals surface area contributed by atoms with Crippen LogP contribution in [0.3, 0.4) is 0 Å². The third kappa shape index (κ3) is 2.97. The van der Waals surface area contributed by atoms with Gasteiger partial charge in [-0.3, -0.25) is 4.79 Å². The molecule has 0 radical (unpaired) electrons. The Balaban J connectivity index is 1.83. The average molecular weight is 364 g/mol. The Kier molecular flexibility index (Phi) is 3.80. The van der Waals surface area contributed by atoms with Crippen molar-refractivity contribution in [3.05, 3.63) is 68.0 Å². The third-order valence-corrected chi connectivity index (χ3v) is 4.33.